The summed E-state index contributed by atoms with van der Waals surface area (Å²) in [5, 5.41) is 15.0. The van der Waals surface area contributed by atoms with Crippen LogP contribution in [-0.4, -0.2) is 53.9 Å². The molecule has 2 aromatic heterocycles. The van der Waals surface area contributed by atoms with E-state index in [-0.39, 0.29) is 29.0 Å². The number of thioether (sulfide) groups is 1. The van der Waals surface area contributed by atoms with Crippen molar-refractivity contribution in [2.45, 2.75) is 37.6 Å². The normalized spacial score (nSPS) is 16.1. The van der Waals surface area contributed by atoms with Crippen molar-refractivity contribution in [1.82, 2.24) is 29.6 Å². The number of rotatable bonds is 7. The van der Waals surface area contributed by atoms with Crippen LogP contribution in [-0.2, 0) is 23.1 Å². The van der Waals surface area contributed by atoms with Crippen molar-refractivity contribution in [3.63, 3.8) is 0 Å². The highest BCUT2D eigenvalue weighted by atomic mass is 32.2. The molecule has 0 unspecified atom stereocenters. The Balaban J connectivity index is 1.43. The number of aromatic nitrogens is 6. The number of amides is 1. The highest BCUT2D eigenvalue weighted by molar-refractivity contribution is 7.99. The summed E-state index contributed by atoms with van der Waals surface area (Å²) in [6.07, 6.45) is 2.12. The molecule has 10 nitrogen and oxygen atoms in total. The maximum atomic E-state index is 12.9. The van der Waals surface area contributed by atoms with Crippen molar-refractivity contribution >= 4 is 23.4 Å². The topological polar surface area (TPSA) is 109 Å². The first-order valence-electron chi connectivity index (χ1n) is 9.69. The number of anilines is 1. The van der Waals surface area contributed by atoms with Gasteiger partial charge in [0.1, 0.15) is 5.69 Å². The quantitative estimate of drug-likeness (QED) is 0.565. The van der Waals surface area contributed by atoms with Crippen LogP contribution in [0.5, 0.6) is 0 Å². The number of benzene rings is 1. The molecule has 1 atom stereocenters. The first kappa shape index (κ1) is 20.4. The van der Waals surface area contributed by atoms with Crippen LogP contribution in [0.25, 0.3) is 5.69 Å². The van der Waals surface area contributed by atoms with E-state index >= 15 is 0 Å². The van der Waals surface area contributed by atoms with Gasteiger partial charge in [0.25, 0.3) is 5.56 Å². The Hall–Kier alpha value is -2.92. The van der Waals surface area contributed by atoms with Crippen molar-refractivity contribution in [3.05, 3.63) is 46.4 Å². The Bertz CT molecular complexity index is 1080. The van der Waals surface area contributed by atoms with E-state index < -0.39 is 0 Å². The van der Waals surface area contributed by atoms with Gasteiger partial charge in [-0.1, -0.05) is 30.0 Å². The number of ether oxygens (including phenoxy) is 1. The Labute approximate surface area is 177 Å². The van der Waals surface area contributed by atoms with Gasteiger partial charge in [0.15, 0.2) is 0 Å². The number of nitrogens with zero attached hydrogens (tertiary/aromatic N) is 6. The molecule has 4 rings (SSSR count). The van der Waals surface area contributed by atoms with Gasteiger partial charge in [0.05, 0.1) is 29.8 Å². The summed E-state index contributed by atoms with van der Waals surface area (Å²) in [4.78, 5) is 25.4. The molecule has 1 aromatic carbocycles. The minimum Gasteiger partial charge on any atom is -0.376 e. The van der Waals surface area contributed by atoms with Crippen LogP contribution in [0.4, 0.5) is 5.69 Å². The third-order valence-electron chi connectivity index (χ3n) is 5.05. The minimum atomic E-state index is -0.294. The summed E-state index contributed by atoms with van der Waals surface area (Å²) in [6, 6.07) is 9.29. The molecule has 0 aliphatic carbocycles. The lowest BCUT2D eigenvalue weighted by molar-refractivity contribution is -0.113. The lowest BCUT2D eigenvalue weighted by atomic mass is 10.2. The fourth-order valence-corrected chi connectivity index (χ4v) is 4.10. The Kier molecular flexibility index (Phi) is 6.00. The lowest BCUT2D eigenvalue weighted by Gasteiger charge is -2.09. The molecule has 0 bridgehead atoms. The molecule has 3 aromatic rings. The molecular formula is C19H23N7O3S. The monoisotopic (exact) mass is 429 g/mol. The summed E-state index contributed by atoms with van der Waals surface area (Å²) in [7, 11) is 1.79. The van der Waals surface area contributed by atoms with Gasteiger partial charge in [-0.15, -0.1) is 5.10 Å². The van der Waals surface area contributed by atoms with E-state index in [4.69, 9.17) is 4.74 Å². The van der Waals surface area contributed by atoms with E-state index in [1.54, 1.807) is 23.3 Å². The SMILES string of the molecule is Cc1c(NC(=O)CSc2nnnn2C[C@@H]2CCCO2)c(=O)n(-c2ccccc2)n1C. The first-order valence-corrected chi connectivity index (χ1v) is 10.7. The van der Waals surface area contributed by atoms with E-state index in [1.165, 1.54) is 16.4 Å². The van der Waals surface area contributed by atoms with E-state index in [0.29, 0.717) is 17.4 Å². The third-order valence-corrected chi connectivity index (χ3v) is 6.01. The molecule has 158 valence electrons. The molecule has 0 radical (unpaired) electrons. The van der Waals surface area contributed by atoms with E-state index in [1.807, 2.05) is 30.3 Å². The van der Waals surface area contributed by atoms with Crippen LogP contribution in [0, 0.1) is 6.92 Å². The second-order valence-corrected chi connectivity index (χ2v) is 7.99. The van der Waals surface area contributed by atoms with E-state index in [2.05, 4.69) is 20.8 Å². The minimum absolute atomic E-state index is 0.0883. The molecule has 3 heterocycles. The van der Waals surface area contributed by atoms with Crippen molar-refractivity contribution in [2.24, 2.45) is 7.05 Å². The molecular weight excluding hydrogens is 406 g/mol. The molecule has 30 heavy (non-hydrogen) atoms. The fourth-order valence-electron chi connectivity index (χ4n) is 3.41. The molecule has 0 saturated carbocycles. The van der Waals surface area contributed by atoms with Crippen molar-refractivity contribution < 1.29 is 9.53 Å². The Morgan fingerprint density at radius 1 is 1.33 bits per heavy atom. The first-order chi connectivity index (χ1) is 14.5. The number of nitrogens with one attached hydrogen (secondary N) is 1. The smallest absolute Gasteiger partial charge is 0.295 e. The number of carbonyl (C=O) groups is 1. The maximum absolute atomic E-state index is 12.9. The maximum Gasteiger partial charge on any atom is 0.295 e. The van der Waals surface area contributed by atoms with E-state index in [9.17, 15) is 9.59 Å². The van der Waals surface area contributed by atoms with Crippen LogP contribution in [0.1, 0.15) is 18.5 Å². The van der Waals surface area contributed by atoms with Crippen LogP contribution in [0.15, 0.2) is 40.3 Å². The molecule has 1 N–H and O–H groups in total. The standard InChI is InChI=1S/C19H23N7O3S/c1-13-17(18(28)26(24(13)2)14-7-4-3-5-8-14)20-16(27)12-30-19-21-22-23-25(19)11-15-9-6-10-29-15/h3-5,7-8,15H,6,9-12H2,1-2H3,(H,20,27)/t15-/m0/s1. The average Bonchev–Trinajstić information content (AvgIpc) is 3.46. The average molecular weight is 430 g/mol. The molecule has 0 spiro atoms. The van der Waals surface area contributed by atoms with Gasteiger partial charge < -0.3 is 10.1 Å². The van der Waals surface area contributed by atoms with Gasteiger partial charge in [-0.05, 0) is 42.3 Å². The van der Waals surface area contributed by atoms with Gasteiger partial charge in [-0.3, -0.25) is 14.3 Å². The summed E-state index contributed by atoms with van der Waals surface area (Å²) >= 11 is 1.23. The van der Waals surface area contributed by atoms with Crippen LogP contribution in [0.2, 0.25) is 0 Å². The molecule has 11 heteroatoms. The fraction of sp³-hybridized carbons (Fsp3) is 0.421. The molecule has 1 aliphatic heterocycles. The second kappa shape index (κ2) is 8.84. The summed E-state index contributed by atoms with van der Waals surface area (Å²) < 4.78 is 10.5. The van der Waals surface area contributed by atoms with Gasteiger partial charge in [-0.2, -0.15) is 0 Å². The summed E-state index contributed by atoms with van der Waals surface area (Å²) in [5.74, 6) is -0.206. The number of tetrazole rings is 1. The van der Waals surface area contributed by atoms with Crippen molar-refractivity contribution in [1.29, 1.82) is 0 Å². The van der Waals surface area contributed by atoms with Gasteiger partial charge >= 0.3 is 0 Å². The Morgan fingerprint density at radius 3 is 2.87 bits per heavy atom. The van der Waals surface area contributed by atoms with Gasteiger partial charge in [-0.25, -0.2) is 9.36 Å². The highest BCUT2D eigenvalue weighted by Crippen LogP contribution is 2.19. The number of carbonyl (C=O) groups excluding carboxylic acids is 1. The lowest BCUT2D eigenvalue weighted by Crippen LogP contribution is -2.23. The zero-order valence-electron chi connectivity index (χ0n) is 16.8. The van der Waals surface area contributed by atoms with Gasteiger partial charge in [0, 0.05) is 13.7 Å². The highest BCUT2D eigenvalue weighted by Gasteiger charge is 2.21. The zero-order valence-corrected chi connectivity index (χ0v) is 17.6. The molecule has 1 fully saturated rings. The van der Waals surface area contributed by atoms with Crippen LogP contribution >= 0.6 is 11.8 Å². The molecule has 1 saturated heterocycles. The summed E-state index contributed by atoms with van der Waals surface area (Å²) in [5.41, 5.74) is 1.40. The predicted molar refractivity (Wildman–Crippen MR) is 112 cm³/mol. The second-order valence-electron chi connectivity index (χ2n) is 7.05. The Morgan fingerprint density at radius 2 is 2.13 bits per heavy atom. The van der Waals surface area contributed by atoms with E-state index in [0.717, 1.165) is 25.1 Å². The number of hydrogen-bond acceptors (Lipinski definition) is 7. The summed E-state index contributed by atoms with van der Waals surface area (Å²) in [6.45, 7) is 3.12. The number of hydrogen-bond donors (Lipinski definition) is 1. The third kappa shape index (κ3) is 4.17. The molecule has 1 aliphatic rings. The van der Waals surface area contributed by atoms with Crippen LogP contribution in [0.3, 0.4) is 0 Å². The molecule has 1 amide bonds. The van der Waals surface area contributed by atoms with Crippen molar-refractivity contribution in [2.75, 3.05) is 17.7 Å². The van der Waals surface area contributed by atoms with Gasteiger partial charge in [0.2, 0.25) is 11.1 Å². The zero-order chi connectivity index (χ0) is 21.1. The predicted octanol–water partition coefficient (Wildman–Crippen LogP) is 1.38. The van der Waals surface area contributed by atoms with Crippen molar-refractivity contribution in [3.8, 4) is 5.69 Å². The largest absolute Gasteiger partial charge is 0.376 e. The number of para-hydroxylation sites is 1. The van der Waals surface area contributed by atoms with Crippen LogP contribution < -0.4 is 10.9 Å².